The van der Waals surface area contributed by atoms with Gasteiger partial charge in [-0.05, 0) is 84.3 Å². The Balaban J connectivity index is 1.69. The predicted octanol–water partition coefficient (Wildman–Crippen LogP) is 7.36. The van der Waals surface area contributed by atoms with Gasteiger partial charge in [0.25, 0.3) is 0 Å². The van der Waals surface area contributed by atoms with Crippen LogP contribution in [0.4, 0.5) is 0 Å². The summed E-state index contributed by atoms with van der Waals surface area (Å²) in [6.07, 6.45) is 3.74. The van der Waals surface area contributed by atoms with Crippen molar-refractivity contribution in [1.29, 1.82) is 0 Å². The van der Waals surface area contributed by atoms with Crippen molar-refractivity contribution in [2.24, 2.45) is 0 Å². The Bertz CT molecular complexity index is 1060. The minimum Gasteiger partial charge on any atom is -0.489 e. The van der Waals surface area contributed by atoms with E-state index in [-0.39, 0.29) is 0 Å². The molecule has 0 atom stereocenters. The molecule has 0 aromatic heterocycles. The summed E-state index contributed by atoms with van der Waals surface area (Å²) in [6, 6.07) is 16.7. The maximum Gasteiger partial charge on any atom is 0.123 e. The summed E-state index contributed by atoms with van der Waals surface area (Å²) < 4.78 is 12.2. The third-order valence-electron chi connectivity index (χ3n) is 5.41. The number of ether oxygens (including phenoxy) is 2. The molecule has 0 heterocycles. The van der Waals surface area contributed by atoms with Crippen molar-refractivity contribution in [1.82, 2.24) is 0 Å². The van der Waals surface area contributed by atoms with Crippen LogP contribution in [0, 0.1) is 27.7 Å². The van der Waals surface area contributed by atoms with Crippen LogP contribution in [0.1, 0.15) is 44.5 Å². The highest BCUT2D eigenvalue weighted by atomic mass is 16.5. The smallest absolute Gasteiger partial charge is 0.123 e. The number of aryl methyl sites for hydroxylation is 4. The Morgan fingerprint density at radius 2 is 1.27 bits per heavy atom. The zero-order valence-electron chi connectivity index (χ0n) is 18.4. The van der Waals surface area contributed by atoms with Crippen molar-refractivity contribution < 1.29 is 9.47 Å². The van der Waals surface area contributed by atoms with E-state index in [0.29, 0.717) is 13.2 Å². The molecule has 0 radical (unpaired) electrons. The average molecular weight is 399 g/mol. The van der Waals surface area contributed by atoms with Crippen LogP contribution in [-0.2, 0) is 13.2 Å². The lowest BCUT2D eigenvalue weighted by molar-refractivity contribution is 0.293. The van der Waals surface area contributed by atoms with Crippen LogP contribution in [0.5, 0.6) is 11.5 Å². The molecule has 154 valence electrons. The van der Waals surface area contributed by atoms with Crippen LogP contribution in [0.3, 0.4) is 0 Å². The van der Waals surface area contributed by atoms with E-state index >= 15 is 0 Å². The largest absolute Gasteiger partial charge is 0.489 e. The highest BCUT2D eigenvalue weighted by molar-refractivity contribution is 5.54. The van der Waals surface area contributed by atoms with Crippen molar-refractivity contribution in [2.45, 2.75) is 40.9 Å². The first-order chi connectivity index (χ1) is 14.4. The lowest BCUT2D eigenvalue weighted by atomic mass is 10.0. The third kappa shape index (κ3) is 5.01. The first-order valence-electron chi connectivity index (χ1n) is 10.2. The topological polar surface area (TPSA) is 18.5 Å². The van der Waals surface area contributed by atoms with E-state index in [4.69, 9.17) is 9.47 Å². The van der Waals surface area contributed by atoms with Gasteiger partial charge in [0.2, 0.25) is 0 Å². The Kier molecular flexibility index (Phi) is 6.79. The van der Waals surface area contributed by atoms with E-state index in [9.17, 15) is 0 Å². The van der Waals surface area contributed by atoms with Gasteiger partial charge in [-0.1, -0.05) is 61.7 Å². The second-order valence-corrected chi connectivity index (χ2v) is 7.75. The maximum absolute atomic E-state index is 6.17. The molecule has 0 saturated carbocycles. The Hall–Kier alpha value is -3.26. The summed E-state index contributed by atoms with van der Waals surface area (Å²) in [5.41, 5.74) is 9.16. The molecule has 2 nitrogen and oxygen atoms in total. The molecule has 0 N–H and O–H groups in total. The zero-order valence-corrected chi connectivity index (χ0v) is 18.4. The van der Waals surface area contributed by atoms with Crippen LogP contribution in [-0.4, -0.2) is 0 Å². The van der Waals surface area contributed by atoms with Crippen molar-refractivity contribution in [2.75, 3.05) is 0 Å². The molecule has 30 heavy (non-hydrogen) atoms. The van der Waals surface area contributed by atoms with Crippen molar-refractivity contribution in [3.8, 4) is 11.5 Å². The predicted molar refractivity (Wildman–Crippen MR) is 127 cm³/mol. The molecule has 2 heteroatoms. The fourth-order valence-corrected chi connectivity index (χ4v) is 3.41. The molecule has 0 unspecified atom stereocenters. The summed E-state index contributed by atoms with van der Waals surface area (Å²) in [7, 11) is 0. The monoisotopic (exact) mass is 398 g/mol. The molecule has 0 bridgehead atoms. The molecule has 0 amide bonds. The SMILES string of the molecule is C=Cc1ccc(COc2cc(C)c(OCc3cc(C)c(C=C)cc3C)cc2C)cc1. The van der Waals surface area contributed by atoms with Crippen LogP contribution < -0.4 is 9.47 Å². The fraction of sp³-hybridized carbons (Fsp3) is 0.214. The molecule has 3 aromatic carbocycles. The van der Waals surface area contributed by atoms with Gasteiger partial charge < -0.3 is 9.47 Å². The molecule has 0 aliphatic heterocycles. The van der Waals surface area contributed by atoms with Crippen molar-refractivity contribution >= 4 is 12.2 Å². The van der Waals surface area contributed by atoms with Gasteiger partial charge in [0.05, 0.1) is 0 Å². The molecular formula is C28H30O2. The molecular weight excluding hydrogens is 368 g/mol. The number of hydrogen-bond donors (Lipinski definition) is 0. The second kappa shape index (κ2) is 9.49. The van der Waals surface area contributed by atoms with Gasteiger partial charge in [0.1, 0.15) is 24.7 Å². The van der Waals surface area contributed by atoms with E-state index in [1.807, 2.05) is 24.3 Å². The van der Waals surface area contributed by atoms with E-state index in [1.54, 1.807) is 0 Å². The highest BCUT2D eigenvalue weighted by Gasteiger charge is 2.09. The van der Waals surface area contributed by atoms with E-state index in [2.05, 4.69) is 77.3 Å². The van der Waals surface area contributed by atoms with Crippen molar-refractivity contribution in [3.63, 3.8) is 0 Å². The number of rotatable bonds is 8. The molecule has 0 spiro atoms. The summed E-state index contributed by atoms with van der Waals surface area (Å²) >= 11 is 0. The Labute approximate surface area is 180 Å². The summed E-state index contributed by atoms with van der Waals surface area (Å²) in [6.45, 7) is 17.1. The number of benzene rings is 3. The summed E-state index contributed by atoms with van der Waals surface area (Å²) in [5.74, 6) is 1.77. The zero-order chi connectivity index (χ0) is 21.7. The van der Waals surface area contributed by atoms with Gasteiger partial charge >= 0.3 is 0 Å². The standard InChI is InChI=1S/C28H30O2/c1-7-23-9-11-24(12-10-23)17-29-27-15-22(6)28(16-21(27)5)30-18-26-14-19(3)25(8-2)13-20(26)4/h7-16H,1-2,17-18H2,3-6H3. The van der Waals surface area contributed by atoms with E-state index in [1.165, 1.54) is 22.3 Å². The van der Waals surface area contributed by atoms with Gasteiger partial charge in [-0.2, -0.15) is 0 Å². The molecule has 0 saturated heterocycles. The van der Waals surface area contributed by atoms with Crippen LogP contribution in [0.25, 0.3) is 12.2 Å². The van der Waals surface area contributed by atoms with Gasteiger partial charge in [0, 0.05) is 0 Å². The average Bonchev–Trinajstić information content (AvgIpc) is 2.75. The summed E-state index contributed by atoms with van der Waals surface area (Å²) in [5, 5.41) is 0. The van der Waals surface area contributed by atoms with Crippen LogP contribution >= 0.6 is 0 Å². The molecule has 0 fully saturated rings. The van der Waals surface area contributed by atoms with Gasteiger partial charge in [-0.3, -0.25) is 0 Å². The minimum atomic E-state index is 0.534. The van der Waals surface area contributed by atoms with E-state index < -0.39 is 0 Å². The van der Waals surface area contributed by atoms with Gasteiger partial charge in [-0.15, -0.1) is 0 Å². The van der Waals surface area contributed by atoms with Gasteiger partial charge in [0.15, 0.2) is 0 Å². The first kappa shape index (κ1) is 21.4. The summed E-state index contributed by atoms with van der Waals surface area (Å²) in [4.78, 5) is 0. The van der Waals surface area contributed by atoms with Gasteiger partial charge in [-0.25, -0.2) is 0 Å². The molecule has 3 rings (SSSR count). The van der Waals surface area contributed by atoms with Crippen LogP contribution in [0.2, 0.25) is 0 Å². The minimum absolute atomic E-state index is 0.534. The van der Waals surface area contributed by atoms with E-state index in [0.717, 1.165) is 33.8 Å². The molecule has 3 aromatic rings. The Morgan fingerprint density at radius 1 is 0.667 bits per heavy atom. The number of hydrogen-bond acceptors (Lipinski definition) is 2. The normalized spacial score (nSPS) is 10.5. The lowest BCUT2D eigenvalue weighted by Crippen LogP contribution is -2.02. The first-order valence-corrected chi connectivity index (χ1v) is 10.2. The molecule has 0 aliphatic carbocycles. The quantitative estimate of drug-likeness (QED) is 0.394. The second-order valence-electron chi connectivity index (χ2n) is 7.75. The van der Waals surface area contributed by atoms with Crippen LogP contribution in [0.15, 0.2) is 61.7 Å². The highest BCUT2D eigenvalue weighted by Crippen LogP contribution is 2.30. The lowest BCUT2D eigenvalue weighted by Gasteiger charge is -2.16. The Morgan fingerprint density at radius 3 is 1.83 bits per heavy atom. The maximum atomic E-state index is 6.17. The molecule has 0 aliphatic rings. The fourth-order valence-electron chi connectivity index (χ4n) is 3.41. The van der Waals surface area contributed by atoms with Crippen molar-refractivity contribution in [3.05, 3.63) is 106 Å². The third-order valence-corrected chi connectivity index (χ3v) is 5.41.